The van der Waals surface area contributed by atoms with Crippen molar-refractivity contribution in [1.82, 2.24) is 20.3 Å². The van der Waals surface area contributed by atoms with Crippen molar-refractivity contribution in [2.75, 3.05) is 45.0 Å². The molecule has 9 heteroatoms. The molecule has 170 valence electrons. The van der Waals surface area contributed by atoms with Crippen LogP contribution >= 0.6 is 24.0 Å². The van der Waals surface area contributed by atoms with E-state index in [1.165, 1.54) is 38.6 Å². The van der Waals surface area contributed by atoms with E-state index in [1.54, 1.807) is 0 Å². The SMILES string of the molecule is CCNC(=NCCS(=O)(=O)NCC1CCC1)NC1CCN(CC2CCCC2)C1.I. The number of rotatable bonds is 10. The van der Waals surface area contributed by atoms with E-state index in [2.05, 4.69) is 25.2 Å². The molecule has 0 aromatic heterocycles. The van der Waals surface area contributed by atoms with Gasteiger partial charge in [0.05, 0.1) is 12.3 Å². The summed E-state index contributed by atoms with van der Waals surface area (Å²) in [6.07, 6.45) is 10.2. The summed E-state index contributed by atoms with van der Waals surface area (Å²) in [7, 11) is -3.23. The number of likely N-dealkylation sites (tertiary alicyclic amines) is 1. The first-order valence-corrected chi connectivity index (χ1v) is 12.9. The molecule has 0 radical (unpaired) electrons. The highest BCUT2D eigenvalue weighted by Gasteiger charge is 2.26. The van der Waals surface area contributed by atoms with Crippen LogP contribution in [0.5, 0.6) is 0 Å². The lowest BCUT2D eigenvalue weighted by molar-refractivity contribution is 0.275. The van der Waals surface area contributed by atoms with E-state index < -0.39 is 10.0 Å². The van der Waals surface area contributed by atoms with Gasteiger partial charge in [0, 0.05) is 38.8 Å². The molecular formula is C20H40IN5O2S. The van der Waals surface area contributed by atoms with Crippen molar-refractivity contribution < 1.29 is 8.42 Å². The zero-order chi connectivity index (χ0) is 19.8. The summed E-state index contributed by atoms with van der Waals surface area (Å²) in [4.78, 5) is 7.08. The summed E-state index contributed by atoms with van der Waals surface area (Å²) in [5.41, 5.74) is 0. The maximum absolute atomic E-state index is 12.1. The van der Waals surface area contributed by atoms with Gasteiger partial charge in [-0.3, -0.25) is 4.99 Å². The van der Waals surface area contributed by atoms with E-state index in [1.807, 2.05) is 6.92 Å². The number of guanidine groups is 1. The van der Waals surface area contributed by atoms with Gasteiger partial charge in [0.1, 0.15) is 0 Å². The normalized spacial score (nSPS) is 24.3. The zero-order valence-corrected chi connectivity index (χ0v) is 21.0. The van der Waals surface area contributed by atoms with Crippen LogP contribution in [-0.4, -0.2) is 70.3 Å². The Morgan fingerprint density at radius 1 is 1.07 bits per heavy atom. The largest absolute Gasteiger partial charge is 0.357 e. The third-order valence-electron chi connectivity index (χ3n) is 6.40. The molecule has 2 saturated carbocycles. The first-order valence-electron chi connectivity index (χ1n) is 11.3. The molecule has 0 aromatic rings. The first-order chi connectivity index (χ1) is 13.5. The van der Waals surface area contributed by atoms with E-state index >= 15 is 0 Å². The molecule has 0 spiro atoms. The number of aliphatic imine (C=N–C) groups is 1. The first kappa shape index (κ1) is 25.1. The highest BCUT2D eigenvalue weighted by Crippen LogP contribution is 2.27. The number of sulfonamides is 1. The molecule has 1 atom stereocenters. The molecule has 1 heterocycles. The Bertz CT molecular complexity index is 606. The van der Waals surface area contributed by atoms with E-state index in [0.717, 1.165) is 50.8 Å². The molecule has 3 N–H and O–H groups in total. The molecule has 0 bridgehead atoms. The Morgan fingerprint density at radius 3 is 2.45 bits per heavy atom. The van der Waals surface area contributed by atoms with E-state index in [-0.39, 0.29) is 36.3 Å². The van der Waals surface area contributed by atoms with Gasteiger partial charge in [-0.15, -0.1) is 24.0 Å². The average Bonchev–Trinajstić information content (AvgIpc) is 3.26. The second-order valence-corrected chi connectivity index (χ2v) is 10.7. The van der Waals surface area contributed by atoms with Crippen LogP contribution in [0.15, 0.2) is 4.99 Å². The lowest BCUT2D eigenvalue weighted by atomic mass is 9.86. The Labute approximate surface area is 194 Å². The van der Waals surface area contributed by atoms with Crippen molar-refractivity contribution in [2.45, 2.75) is 64.3 Å². The van der Waals surface area contributed by atoms with Crippen molar-refractivity contribution in [3.8, 4) is 0 Å². The predicted molar refractivity (Wildman–Crippen MR) is 130 cm³/mol. The number of hydrogen-bond acceptors (Lipinski definition) is 4. The number of nitrogens with one attached hydrogen (secondary N) is 3. The zero-order valence-electron chi connectivity index (χ0n) is 17.9. The molecular weight excluding hydrogens is 501 g/mol. The van der Waals surface area contributed by atoms with E-state index in [0.29, 0.717) is 18.5 Å². The van der Waals surface area contributed by atoms with E-state index in [4.69, 9.17) is 0 Å². The summed E-state index contributed by atoms with van der Waals surface area (Å²) in [6, 6.07) is 0.396. The van der Waals surface area contributed by atoms with Crippen molar-refractivity contribution >= 4 is 40.0 Å². The minimum atomic E-state index is -3.23. The van der Waals surface area contributed by atoms with Crippen molar-refractivity contribution in [3.63, 3.8) is 0 Å². The standard InChI is InChI=1S/C20H39N5O2S.HI/c1-2-21-20(22-11-13-28(26,27)23-14-17-8-5-9-17)24-19-10-12-25(16-19)15-18-6-3-4-7-18;/h17-19,23H,2-16H2,1H3,(H2,21,22,24);1H. The summed E-state index contributed by atoms with van der Waals surface area (Å²) < 4.78 is 27.0. The fourth-order valence-corrected chi connectivity index (χ4v) is 5.44. The molecule has 1 saturated heterocycles. The van der Waals surface area contributed by atoms with Crippen LogP contribution in [0, 0.1) is 11.8 Å². The monoisotopic (exact) mass is 541 g/mol. The van der Waals surface area contributed by atoms with Crippen molar-refractivity contribution in [2.24, 2.45) is 16.8 Å². The Balaban J connectivity index is 0.00000300. The third kappa shape index (κ3) is 8.86. The number of nitrogens with zero attached hydrogens (tertiary/aromatic N) is 2. The van der Waals surface area contributed by atoms with Crippen LogP contribution in [0.1, 0.15) is 58.3 Å². The molecule has 7 nitrogen and oxygen atoms in total. The highest BCUT2D eigenvalue weighted by molar-refractivity contribution is 14.0. The topological polar surface area (TPSA) is 85.8 Å². The molecule has 1 aliphatic heterocycles. The summed E-state index contributed by atoms with van der Waals surface area (Å²) in [5, 5.41) is 6.77. The third-order valence-corrected chi connectivity index (χ3v) is 7.72. The van der Waals surface area contributed by atoms with Gasteiger partial charge in [-0.1, -0.05) is 19.3 Å². The van der Waals surface area contributed by atoms with Gasteiger partial charge in [-0.05, 0) is 50.9 Å². The van der Waals surface area contributed by atoms with Gasteiger partial charge in [0.25, 0.3) is 0 Å². The molecule has 1 unspecified atom stereocenters. The average molecular weight is 542 g/mol. The van der Waals surface area contributed by atoms with Gasteiger partial charge >= 0.3 is 0 Å². The quantitative estimate of drug-likeness (QED) is 0.224. The number of halogens is 1. The van der Waals surface area contributed by atoms with Crippen LogP contribution in [0.3, 0.4) is 0 Å². The van der Waals surface area contributed by atoms with Crippen LogP contribution in [-0.2, 0) is 10.0 Å². The molecule has 0 aromatic carbocycles. The minimum absolute atomic E-state index is 0. The fourth-order valence-electron chi connectivity index (χ4n) is 4.48. The molecule has 3 rings (SSSR count). The lowest BCUT2D eigenvalue weighted by Gasteiger charge is -2.25. The van der Waals surface area contributed by atoms with Gasteiger partial charge < -0.3 is 15.5 Å². The van der Waals surface area contributed by atoms with Gasteiger partial charge in [-0.2, -0.15) is 0 Å². The van der Waals surface area contributed by atoms with Crippen molar-refractivity contribution in [3.05, 3.63) is 0 Å². The minimum Gasteiger partial charge on any atom is -0.357 e. The van der Waals surface area contributed by atoms with Crippen molar-refractivity contribution in [1.29, 1.82) is 0 Å². The predicted octanol–water partition coefficient (Wildman–Crippen LogP) is 2.14. The van der Waals surface area contributed by atoms with Crippen LogP contribution in [0.2, 0.25) is 0 Å². The van der Waals surface area contributed by atoms with Gasteiger partial charge in [0.2, 0.25) is 10.0 Å². The smallest absolute Gasteiger partial charge is 0.213 e. The maximum atomic E-state index is 12.1. The van der Waals surface area contributed by atoms with Gasteiger partial charge in [-0.25, -0.2) is 13.1 Å². The highest BCUT2D eigenvalue weighted by atomic mass is 127. The summed E-state index contributed by atoms with van der Waals surface area (Å²) in [5.74, 6) is 2.21. The molecule has 3 aliphatic rings. The second kappa shape index (κ2) is 12.7. The van der Waals surface area contributed by atoms with E-state index in [9.17, 15) is 8.42 Å². The molecule has 0 amide bonds. The Hall–Kier alpha value is -0.130. The Morgan fingerprint density at radius 2 is 1.79 bits per heavy atom. The van der Waals surface area contributed by atoms with Crippen LogP contribution in [0.25, 0.3) is 0 Å². The van der Waals surface area contributed by atoms with Gasteiger partial charge in [0.15, 0.2) is 5.96 Å². The maximum Gasteiger partial charge on any atom is 0.213 e. The summed E-state index contributed by atoms with van der Waals surface area (Å²) in [6.45, 7) is 7.12. The molecule has 29 heavy (non-hydrogen) atoms. The molecule has 2 aliphatic carbocycles. The molecule has 3 fully saturated rings. The number of hydrogen-bond donors (Lipinski definition) is 3. The summed E-state index contributed by atoms with van der Waals surface area (Å²) >= 11 is 0. The fraction of sp³-hybridized carbons (Fsp3) is 0.950. The Kier molecular flexibility index (Phi) is 11.0. The van der Waals surface area contributed by atoms with Crippen LogP contribution < -0.4 is 15.4 Å². The van der Waals surface area contributed by atoms with Crippen LogP contribution in [0.4, 0.5) is 0 Å². The lowest BCUT2D eigenvalue weighted by Crippen LogP contribution is -2.45. The second-order valence-electron chi connectivity index (χ2n) is 8.76.